The Labute approximate surface area is 135 Å². The van der Waals surface area contributed by atoms with E-state index in [4.69, 9.17) is 15.3 Å². The van der Waals surface area contributed by atoms with Gasteiger partial charge in [0.15, 0.2) is 0 Å². The van der Waals surface area contributed by atoms with Gasteiger partial charge in [-0.15, -0.1) is 4.99 Å². The average molecular weight is 313 g/mol. The highest BCUT2D eigenvalue weighted by Gasteiger charge is 2.45. The van der Waals surface area contributed by atoms with Crippen LogP contribution in [0.4, 0.5) is 0 Å². The summed E-state index contributed by atoms with van der Waals surface area (Å²) in [7, 11) is 3.38. The minimum atomic E-state index is -0.883. The zero-order chi connectivity index (χ0) is 17.2. The molecule has 0 spiro atoms. The van der Waals surface area contributed by atoms with Crippen LogP contribution in [0.2, 0.25) is 0 Å². The van der Waals surface area contributed by atoms with Crippen LogP contribution < -0.4 is 10.1 Å². The monoisotopic (exact) mass is 313 g/mol. The number of nitriles is 2. The normalized spacial score (nSPS) is 22.1. The van der Waals surface area contributed by atoms with Gasteiger partial charge in [-0.2, -0.15) is 10.5 Å². The summed E-state index contributed by atoms with van der Waals surface area (Å²) >= 11 is 0. The highest BCUT2D eigenvalue weighted by Crippen LogP contribution is 2.42. The largest absolute Gasteiger partial charge is 0.485 e. The fraction of sp³-hybridized carbons (Fsp3) is 0.438. The van der Waals surface area contributed by atoms with E-state index < -0.39 is 17.7 Å². The lowest BCUT2D eigenvalue weighted by molar-refractivity contribution is -0.0788. The van der Waals surface area contributed by atoms with Gasteiger partial charge in [0.2, 0.25) is 12.2 Å². The number of ether oxygens (including phenoxy) is 1. The molecule has 0 fully saturated rings. The smallest absolute Gasteiger partial charge is 0.210 e. The standard InChI is InChI=1S/C16H19N5O2/c1-16(2)14(22)13(21(4)15(19-3)20-9-18)11-7-10(8-17)5-6-12(11)23-16/h5-7,13-14,22H,1-4H3,(H,19,20)/t13-,14+/m0/s1. The third-order valence-corrected chi connectivity index (χ3v) is 3.97. The van der Waals surface area contributed by atoms with Crippen LogP contribution in [-0.4, -0.2) is 41.8 Å². The molecule has 0 radical (unpaired) electrons. The van der Waals surface area contributed by atoms with Crippen LogP contribution in [0.5, 0.6) is 5.75 Å². The minimum absolute atomic E-state index is 0.322. The number of benzene rings is 1. The molecule has 23 heavy (non-hydrogen) atoms. The van der Waals surface area contributed by atoms with Gasteiger partial charge in [-0.1, -0.05) is 0 Å². The Morgan fingerprint density at radius 1 is 1.43 bits per heavy atom. The molecule has 1 aliphatic rings. The Morgan fingerprint density at radius 3 is 2.70 bits per heavy atom. The second-order valence-electron chi connectivity index (χ2n) is 5.86. The van der Waals surface area contributed by atoms with Crippen molar-refractivity contribution in [3.05, 3.63) is 29.3 Å². The van der Waals surface area contributed by atoms with Crippen molar-refractivity contribution in [1.29, 1.82) is 10.5 Å². The van der Waals surface area contributed by atoms with Crippen molar-refractivity contribution in [1.82, 2.24) is 10.2 Å². The molecule has 1 aromatic rings. The summed E-state index contributed by atoms with van der Waals surface area (Å²) in [6, 6.07) is 6.66. The van der Waals surface area contributed by atoms with Gasteiger partial charge in [0.05, 0.1) is 17.7 Å². The highest BCUT2D eigenvalue weighted by molar-refractivity contribution is 5.81. The van der Waals surface area contributed by atoms with Crippen LogP contribution in [-0.2, 0) is 0 Å². The Morgan fingerprint density at radius 2 is 2.13 bits per heavy atom. The molecular formula is C16H19N5O2. The zero-order valence-electron chi connectivity index (χ0n) is 13.5. The first kappa shape index (κ1) is 16.6. The summed E-state index contributed by atoms with van der Waals surface area (Å²) in [6.45, 7) is 3.58. The quantitative estimate of drug-likeness (QED) is 0.457. The summed E-state index contributed by atoms with van der Waals surface area (Å²) in [4.78, 5) is 5.41. The average Bonchev–Trinajstić information content (AvgIpc) is 2.52. The molecule has 7 heteroatoms. The highest BCUT2D eigenvalue weighted by atomic mass is 16.5. The van der Waals surface area contributed by atoms with Gasteiger partial charge in [0.1, 0.15) is 17.5 Å². The van der Waals surface area contributed by atoms with Gasteiger partial charge >= 0.3 is 0 Å². The number of nitrogens with zero attached hydrogens (tertiary/aromatic N) is 4. The molecular weight excluding hydrogens is 294 g/mol. The summed E-state index contributed by atoms with van der Waals surface area (Å²) in [5.41, 5.74) is 0.325. The number of hydrogen-bond acceptors (Lipinski definition) is 5. The van der Waals surface area contributed by atoms with E-state index >= 15 is 0 Å². The number of aliphatic hydroxyl groups excluding tert-OH is 1. The maximum absolute atomic E-state index is 10.8. The van der Waals surface area contributed by atoms with E-state index in [-0.39, 0.29) is 0 Å². The molecule has 1 heterocycles. The number of likely N-dealkylation sites (N-methyl/N-ethyl adjacent to an activating group) is 1. The fourth-order valence-corrected chi connectivity index (χ4v) is 2.75. The van der Waals surface area contributed by atoms with E-state index in [1.54, 1.807) is 57.2 Å². The lowest BCUT2D eigenvalue weighted by atomic mass is 9.85. The SMILES string of the molecule is CN/C(=N/C#N)N(C)[C@H]1c2cc(C#N)ccc2OC(C)(C)[C@@H]1O. The van der Waals surface area contributed by atoms with Crippen molar-refractivity contribution < 1.29 is 9.84 Å². The van der Waals surface area contributed by atoms with E-state index in [1.807, 2.05) is 0 Å². The van der Waals surface area contributed by atoms with Crippen molar-refractivity contribution in [2.24, 2.45) is 4.99 Å². The molecule has 2 atom stereocenters. The van der Waals surface area contributed by atoms with Crippen molar-refractivity contribution in [3.8, 4) is 18.0 Å². The van der Waals surface area contributed by atoms with Gasteiger partial charge in [0.25, 0.3) is 0 Å². The fourth-order valence-electron chi connectivity index (χ4n) is 2.75. The molecule has 2 N–H and O–H groups in total. The molecule has 1 aliphatic heterocycles. The van der Waals surface area contributed by atoms with Crippen LogP contribution >= 0.6 is 0 Å². The summed E-state index contributed by atoms with van der Waals surface area (Å²) in [6.07, 6.45) is 0.856. The van der Waals surface area contributed by atoms with Crippen LogP contribution in [0.15, 0.2) is 23.2 Å². The topological polar surface area (TPSA) is 105 Å². The maximum Gasteiger partial charge on any atom is 0.210 e. The van der Waals surface area contributed by atoms with Crippen LogP contribution in [0.1, 0.15) is 31.0 Å². The van der Waals surface area contributed by atoms with E-state index in [9.17, 15) is 5.11 Å². The van der Waals surface area contributed by atoms with Crippen molar-refractivity contribution in [2.45, 2.75) is 31.6 Å². The van der Waals surface area contributed by atoms with Crippen molar-refractivity contribution in [3.63, 3.8) is 0 Å². The molecule has 0 saturated heterocycles. The Hall–Kier alpha value is -2.77. The third kappa shape index (κ3) is 2.92. The molecule has 0 unspecified atom stereocenters. The number of aliphatic imine (C=N–C) groups is 1. The Balaban J connectivity index is 2.59. The predicted molar refractivity (Wildman–Crippen MR) is 84.5 cm³/mol. The van der Waals surface area contributed by atoms with Gasteiger partial charge in [0, 0.05) is 19.7 Å². The molecule has 0 saturated carbocycles. The van der Waals surface area contributed by atoms with Gasteiger partial charge < -0.3 is 20.1 Å². The first-order chi connectivity index (χ1) is 10.9. The molecule has 0 amide bonds. The molecule has 0 aromatic heterocycles. The number of fused-ring (bicyclic) bond motifs is 1. The number of nitrogens with one attached hydrogen (secondary N) is 1. The number of hydrogen-bond donors (Lipinski definition) is 2. The summed E-state index contributed by atoms with van der Waals surface area (Å²) in [5, 5.41) is 31.6. The van der Waals surface area contributed by atoms with Gasteiger partial charge in [-0.05, 0) is 32.0 Å². The van der Waals surface area contributed by atoms with E-state index in [2.05, 4.69) is 16.4 Å². The first-order valence-corrected chi connectivity index (χ1v) is 7.14. The number of rotatable bonds is 1. The molecule has 2 rings (SSSR count). The number of guanidine groups is 1. The molecule has 120 valence electrons. The molecule has 7 nitrogen and oxygen atoms in total. The van der Waals surface area contributed by atoms with Gasteiger partial charge in [-0.25, -0.2) is 0 Å². The molecule has 1 aromatic carbocycles. The summed E-state index contributed by atoms with van der Waals surface area (Å²) in [5.74, 6) is 0.922. The maximum atomic E-state index is 10.8. The number of aliphatic hydroxyl groups is 1. The van der Waals surface area contributed by atoms with E-state index in [0.29, 0.717) is 22.8 Å². The third-order valence-electron chi connectivity index (χ3n) is 3.97. The van der Waals surface area contributed by atoms with E-state index in [1.165, 1.54) is 0 Å². The Bertz CT molecular complexity index is 714. The Kier molecular flexibility index (Phi) is 4.44. The second-order valence-corrected chi connectivity index (χ2v) is 5.86. The molecule has 0 aliphatic carbocycles. The first-order valence-electron chi connectivity index (χ1n) is 7.14. The van der Waals surface area contributed by atoms with Crippen molar-refractivity contribution in [2.75, 3.05) is 14.1 Å². The van der Waals surface area contributed by atoms with Crippen LogP contribution in [0, 0.1) is 22.8 Å². The lowest BCUT2D eigenvalue weighted by Crippen LogP contribution is -2.55. The lowest BCUT2D eigenvalue weighted by Gasteiger charge is -2.45. The second kappa shape index (κ2) is 6.15. The van der Waals surface area contributed by atoms with Crippen LogP contribution in [0.25, 0.3) is 0 Å². The predicted octanol–water partition coefficient (Wildman–Crippen LogP) is 1.12. The molecule has 0 bridgehead atoms. The van der Waals surface area contributed by atoms with Gasteiger partial charge in [-0.3, -0.25) is 0 Å². The summed E-state index contributed by atoms with van der Waals surface area (Å²) < 4.78 is 5.87. The van der Waals surface area contributed by atoms with E-state index in [0.717, 1.165) is 0 Å². The van der Waals surface area contributed by atoms with Crippen molar-refractivity contribution >= 4 is 5.96 Å². The van der Waals surface area contributed by atoms with Crippen LogP contribution in [0.3, 0.4) is 0 Å². The minimum Gasteiger partial charge on any atom is -0.485 e. The zero-order valence-corrected chi connectivity index (χ0v) is 13.5.